The predicted molar refractivity (Wildman–Crippen MR) is 573 cm³/mol. The second-order valence-electron chi connectivity index (χ2n) is 49.8. The number of ether oxygens (including phenoxy) is 7. The molecule has 0 spiro atoms. The van der Waals surface area contributed by atoms with Crippen molar-refractivity contribution in [2.45, 2.75) is 441 Å². The van der Waals surface area contributed by atoms with Gasteiger partial charge in [-0.2, -0.15) is 0 Å². The third-order valence-corrected chi connectivity index (χ3v) is 45.4. The van der Waals surface area contributed by atoms with Crippen molar-refractivity contribution in [2.75, 3.05) is 66.1 Å². The highest BCUT2D eigenvalue weighted by Crippen LogP contribution is 2.40. The molecule has 4 N–H and O–H groups in total. The maximum Gasteiger partial charge on any atom is 0.408 e. The number of rotatable bonds is 64. The predicted octanol–water partition coefficient (Wildman–Crippen LogP) is 30.8. The molecule has 0 fully saturated rings. The Bertz CT molecular complexity index is 3430. The number of amides is 1. The van der Waals surface area contributed by atoms with Crippen molar-refractivity contribution in [1.82, 2.24) is 5.32 Å². The molecule has 0 aliphatic heterocycles. The number of carbonyl (C=O) groups excluding carboxylic acids is 4. The number of benzene rings is 3. The van der Waals surface area contributed by atoms with E-state index in [0.717, 1.165) is 117 Å². The Morgan fingerprint density at radius 2 is 0.682 bits per heavy atom. The molecule has 14 nitrogen and oxygen atoms in total. The third-order valence-electron chi connectivity index (χ3n) is 28.4. The molecule has 3 rings (SSSR count). The number of aliphatic hydroxyl groups excluding tert-OH is 1. The van der Waals surface area contributed by atoms with Gasteiger partial charge in [0, 0.05) is 52.7 Å². The van der Waals surface area contributed by atoms with E-state index in [-0.39, 0.29) is 37.4 Å². The first kappa shape index (κ1) is 126. The normalized spacial score (nSPS) is 15.6. The van der Waals surface area contributed by atoms with Crippen molar-refractivity contribution in [3.8, 4) is 0 Å². The van der Waals surface area contributed by atoms with Crippen LogP contribution >= 0.6 is 0 Å². The molecule has 1 amide bonds. The first-order valence-electron chi connectivity index (χ1n) is 53.0. The lowest BCUT2D eigenvalue weighted by Crippen LogP contribution is -2.46. The van der Waals surface area contributed by atoms with Gasteiger partial charge in [-0.15, -0.1) is 0 Å². The number of esters is 2. The monoisotopic (exact) mass is 1900 g/mol. The summed E-state index contributed by atoms with van der Waals surface area (Å²) >= 11 is 0. The van der Waals surface area contributed by atoms with Crippen LogP contribution in [-0.4, -0.2) is 137 Å². The lowest BCUT2D eigenvalue weighted by molar-refractivity contribution is -0.150. The van der Waals surface area contributed by atoms with Crippen LogP contribution in [0, 0.1) is 91.7 Å². The second-order valence-corrected chi connectivity index (χ2v) is 66.1. The Morgan fingerprint density at radius 1 is 0.371 bits per heavy atom. The van der Waals surface area contributed by atoms with E-state index in [1.165, 1.54) is 120 Å². The van der Waals surface area contributed by atoms with Crippen LogP contribution in [-0.2, 0) is 67.0 Å². The molecule has 0 aromatic heterocycles. The summed E-state index contributed by atoms with van der Waals surface area (Å²) in [5.74, 6) is 4.39. The first-order chi connectivity index (χ1) is 61.4. The van der Waals surface area contributed by atoms with Gasteiger partial charge in [-0.3, -0.25) is 14.4 Å². The van der Waals surface area contributed by atoms with Crippen LogP contribution in [0.5, 0.6) is 0 Å². The summed E-state index contributed by atoms with van der Waals surface area (Å²) in [7, 11) is -4.49. The fraction of sp³-hybridized carbons (Fsp3) is 0.809. The van der Waals surface area contributed by atoms with Crippen molar-refractivity contribution in [1.29, 1.82) is 0 Å². The SMILES string of the molecule is CC[Si](CC)(CCCOCC(CCC(C)CC(C)(C)C)C(C)CC(C)(C)C)CCOC(=O)[C@@H](CC(=O)[C@H](COC(C)(C)C)NC(=O)OCc1ccccc1)Cc1ccccc1.CC[Si](CC)(CCCOCC(CCC(C)CC(C)(C)C)C(C)CC(C)(C)C)CCOC(=O)[C@@H](N)Cc1ccccc1.CC[Si](CC)(CCO)CCCOCC(CCC(C)CC(C)(C)C)C(C)CC(C)(C)C. The van der Waals surface area contributed by atoms with E-state index in [4.69, 9.17) is 38.9 Å². The molecule has 132 heavy (non-hydrogen) atoms. The summed E-state index contributed by atoms with van der Waals surface area (Å²) in [6, 6.07) is 41.3. The molecular weight excluding hydrogens is 1690 g/mol. The number of nitrogens with two attached hydrogens (primary N) is 1. The first-order valence-corrected chi connectivity index (χ1v) is 61.5. The zero-order valence-electron chi connectivity index (χ0n) is 92.1. The van der Waals surface area contributed by atoms with E-state index in [9.17, 15) is 24.3 Å². The minimum absolute atomic E-state index is 0.0477. The number of aliphatic hydroxyl groups is 1. The number of nitrogens with one attached hydrogen (secondary N) is 1. The maximum absolute atomic E-state index is 14.0. The Kier molecular flexibility index (Phi) is 61.4. The minimum atomic E-state index is -1.73. The van der Waals surface area contributed by atoms with E-state index < -0.39 is 53.9 Å². The molecule has 3 aromatic rings. The summed E-state index contributed by atoms with van der Waals surface area (Å²) in [6.07, 6.45) is 18.5. The van der Waals surface area contributed by atoms with Gasteiger partial charge in [-0.25, -0.2) is 4.79 Å². The minimum Gasteiger partial charge on any atom is -0.466 e. The van der Waals surface area contributed by atoms with Gasteiger partial charge in [0.15, 0.2) is 5.78 Å². The summed E-state index contributed by atoms with van der Waals surface area (Å²) in [6.45, 7) is 82.8. The van der Waals surface area contributed by atoms with Crippen molar-refractivity contribution in [3.05, 3.63) is 108 Å². The van der Waals surface area contributed by atoms with Gasteiger partial charge >= 0.3 is 18.0 Å². The number of carbonyl (C=O) groups is 4. The largest absolute Gasteiger partial charge is 0.466 e. The molecule has 17 heteroatoms. The van der Waals surface area contributed by atoms with Crippen molar-refractivity contribution >= 4 is 48.0 Å². The molecule has 9 unspecified atom stereocenters. The summed E-state index contributed by atoms with van der Waals surface area (Å²) < 4.78 is 42.3. The van der Waals surface area contributed by atoms with Gasteiger partial charge in [0.1, 0.15) is 18.7 Å². The van der Waals surface area contributed by atoms with Crippen LogP contribution in [0.15, 0.2) is 91.0 Å². The Hall–Kier alpha value is -4.05. The summed E-state index contributed by atoms with van der Waals surface area (Å²) in [4.78, 5) is 53.3. The molecule has 0 saturated heterocycles. The lowest BCUT2D eigenvalue weighted by atomic mass is 9.76. The molecule has 0 saturated carbocycles. The van der Waals surface area contributed by atoms with Crippen LogP contribution in [0.1, 0.15) is 348 Å². The van der Waals surface area contributed by atoms with Gasteiger partial charge in [-0.1, -0.05) is 372 Å². The highest BCUT2D eigenvalue weighted by molar-refractivity contribution is 6.80. The van der Waals surface area contributed by atoms with Gasteiger partial charge < -0.3 is 49.3 Å². The quantitative estimate of drug-likeness (QED) is 0.0210. The molecule has 0 aliphatic rings. The zero-order chi connectivity index (χ0) is 100. The number of Topliss-reactive ketones (excluding diaryl/α,β-unsaturated/α-hetero) is 1. The average molecular weight is 1900 g/mol. The van der Waals surface area contributed by atoms with Crippen LogP contribution in [0.25, 0.3) is 0 Å². The fourth-order valence-electron chi connectivity index (χ4n) is 20.7. The van der Waals surface area contributed by atoms with Gasteiger partial charge in [-0.05, 0) is 231 Å². The Morgan fingerprint density at radius 3 is 0.992 bits per heavy atom. The fourth-order valence-corrected chi connectivity index (χ4v) is 31.4. The van der Waals surface area contributed by atoms with Gasteiger partial charge in [0.25, 0.3) is 0 Å². The zero-order valence-corrected chi connectivity index (χ0v) is 95.1. The van der Waals surface area contributed by atoms with Crippen LogP contribution in [0.2, 0.25) is 72.5 Å². The van der Waals surface area contributed by atoms with Gasteiger partial charge in [0.05, 0.1) is 55.6 Å². The van der Waals surface area contributed by atoms with Crippen LogP contribution in [0.3, 0.4) is 0 Å². The van der Waals surface area contributed by atoms with E-state index in [2.05, 4.69) is 213 Å². The van der Waals surface area contributed by atoms with Crippen molar-refractivity contribution in [2.24, 2.45) is 97.4 Å². The topological polar surface area (TPSA) is 191 Å². The number of ketones is 1. The molecule has 12 atom stereocenters. The van der Waals surface area contributed by atoms with Gasteiger partial charge in [0.2, 0.25) is 0 Å². The van der Waals surface area contributed by atoms with Crippen molar-refractivity contribution < 1.29 is 57.4 Å². The van der Waals surface area contributed by atoms with Crippen molar-refractivity contribution in [3.63, 3.8) is 0 Å². The van der Waals surface area contributed by atoms with Crippen LogP contribution < -0.4 is 11.1 Å². The molecule has 766 valence electrons. The van der Waals surface area contributed by atoms with E-state index in [1.54, 1.807) is 0 Å². The standard InChI is InChI=1S/C52H87NO7Si.C36H67NO3Si.C27H58O2Si/c1-14-61(15-2,31-22-29-57-38-44(41(4)36-51(8,9)10)28-27-40(3)35-50(5,6)7)32-30-58-48(55)45(33-42-23-18-16-19-24-42)34-47(54)46(39-60-52(11,12)13)53-49(56)59-37-43-25-20-17-21-26-43;1-11-41(12-2,24-22-40-34(38)33(37)25-31-17-14-13-15-18-31)23-16-21-39-28-32(30(4)27-36(8,9)10)20-19-29(3)26-35(5,6)7;1-11-30(12-2,19-16-28)18-13-17-29-22-25(24(4)21-27(8,9)10)15-14-23(3)20-26(5,6)7/h16-21,23-26,40-41,44-46H,14-15,22,27-39H2,1-13H3,(H,53,56);13-15,17-18,29-30,32-33H,11-12,16,19-28,37H2,1-10H3;23-25,28H,11-22H2,1-10H3/t40?,41?,44?,45-,46+;29?,30?,32?,33-;/m10./s1. The Balaban J connectivity index is 0.00000106. The summed E-state index contributed by atoms with van der Waals surface area (Å²) in [5.41, 5.74) is 10.6. The smallest absolute Gasteiger partial charge is 0.408 e. The maximum atomic E-state index is 14.0. The lowest BCUT2D eigenvalue weighted by Gasteiger charge is -2.32. The van der Waals surface area contributed by atoms with E-state index in [0.29, 0.717) is 107 Å². The second kappa shape index (κ2) is 64.3. The summed E-state index contributed by atoms with van der Waals surface area (Å²) in [5, 5.41) is 12.2. The van der Waals surface area contributed by atoms with E-state index in [1.807, 2.05) is 112 Å². The molecular formula is C115H212N2O12Si3. The average Bonchev–Trinajstić information content (AvgIpc) is 0.854. The Labute approximate surface area is 817 Å². The third kappa shape index (κ3) is 61.4. The number of hydrogen-bond donors (Lipinski definition) is 3. The molecule has 0 aliphatic carbocycles. The highest BCUT2D eigenvalue weighted by atomic mass is 28.3. The number of alkyl carbamates (subject to hydrolysis) is 1. The molecule has 0 radical (unpaired) electrons. The molecule has 0 bridgehead atoms. The van der Waals surface area contributed by atoms with E-state index >= 15 is 0 Å². The number of hydrogen-bond acceptors (Lipinski definition) is 13. The van der Waals surface area contributed by atoms with Crippen LogP contribution in [0.4, 0.5) is 4.79 Å². The highest BCUT2D eigenvalue weighted by Gasteiger charge is 2.37. The molecule has 0 heterocycles. The molecule has 3 aromatic carbocycles.